The molecule has 5 heteroatoms. The topological polar surface area (TPSA) is 68.8 Å². The maximum absolute atomic E-state index is 5.65. The van der Waals surface area contributed by atoms with Gasteiger partial charge in [-0.15, -0.1) is 0 Å². The van der Waals surface area contributed by atoms with Gasteiger partial charge >= 0.3 is 0 Å². The van der Waals surface area contributed by atoms with Gasteiger partial charge in [0.25, 0.3) is 0 Å². The highest BCUT2D eigenvalue weighted by molar-refractivity contribution is 5.60. The van der Waals surface area contributed by atoms with Crippen LogP contribution in [0.5, 0.6) is 0 Å². The van der Waals surface area contributed by atoms with Gasteiger partial charge in [-0.05, 0) is 13.0 Å². The quantitative estimate of drug-likeness (QED) is 0.775. The largest absolute Gasteiger partial charge is 0.399 e. The van der Waals surface area contributed by atoms with Gasteiger partial charge in [0.15, 0.2) is 0 Å². The monoisotopic (exact) mass is 203 g/mol. The van der Waals surface area contributed by atoms with Gasteiger partial charge < -0.3 is 11.1 Å². The van der Waals surface area contributed by atoms with Crippen molar-refractivity contribution >= 4 is 17.2 Å². The molecule has 3 N–H and O–H groups in total. The molecule has 0 atom stereocenters. The molecule has 2 heterocycles. The van der Waals surface area contributed by atoms with Crippen LogP contribution in [0.3, 0.4) is 0 Å². The lowest BCUT2D eigenvalue weighted by Crippen LogP contribution is -1.95. The highest BCUT2D eigenvalue weighted by Crippen LogP contribution is 2.18. The maximum Gasteiger partial charge on any atom is 0.132 e. The summed E-state index contributed by atoms with van der Waals surface area (Å²) in [4.78, 5) is 4.16. The highest BCUT2D eigenvalue weighted by Gasteiger charge is 2.03. The molecule has 5 nitrogen and oxygen atoms in total. The van der Waals surface area contributed by atoms with Gasteiger partial charge in [-0.1, -0.05) is 0 Å². The Morgan fingerprint density at radius 2 is 2.27 bits per heavy atom. The second-order valence-electron chi connectivity index (χ2n) is 3.40. The van der Waals surface area contributed by atoms with Crippen molar-refractivity contribution in [3.63, 3.8) is 0 Å². The number of anilines is 3. The van der Waals surface area contributed by atoms with Gasteiger partial charge in [0, 0.05) is 31.2 Å². The van der Waals surface area contributed by atoms with Crippen molar-refractivity contribution < 1.29 is 0 Å². The first-order valence-corrected chi connectivity index (χ1v) is 4.64. The molecule has 0 aromatic carbocycles. The molecular weight excluding hydrogens is 190 g/mol. The fourth-order valence-corrected chi connectivity index (χ4v) is 1.38. The number of hydrogen-bond acceptors (Lipinski definition) is 4. The molecule has 0 spiro atoms. The van der Waals surface area contributed by atoms with E-state index < -0.39 is 0 Å². The third kappa shape index (κ3) is 2.07. The van der Waals surface area contributed by atoms with Crippen LogP contribution in [0.2, 0.25) is 0 Å². The van der Waals surface area contributed by atoms with Crippen LogP contribution in [0.1, 0.15) is 5.69 Å². The summed E-state index contributed by atoms with van der Waals surface area (Å²) in [7, 11) is 1.88. The second kappa shape index (κ2) is 3.61. The van der Waals surface area contributed by atoms with E-state index in [0.29, 0.717) is 5.69 Å². The summed E-state index contributed by atoms with van der Waals surface area (Å²) in [6.07, 6.45) is 3.57. The number of rotatable bonds is 2. The van der Waals surface area contributed by atoms with Gasteiger partial charge in [-0.2, -0.15) is 5.10 Å². The summed E-state index contributed by atoms with van der Waals surface area (Å²) in [5.74, 6) is 0.728. The first-order valence-electron chi connectivity index (χ1n) is 4.64. The number of aromatic nitrogens is 3. The summed E-state index contributed by atoms with van der Waals surface area (Å²) in [5, 5.41) is 7.38. The second-order valence-corrected chi connectivity index (χ2v) is 3.40. The third-order valence-electron chi connectivity index (χ3n) is 2.06. The summed E-state index contributed by atoms with van der Waals surface area (Å²) < 4.78 is 1.75. The van der Waals surface area contributed by atoms with E-state index in [4.69, 9.17) is 5.73 Å². The molecule has 2 aromatic heterocycles. The van der Waals surface area contributed by atoms with Crippen molar-refractivity contribution in [2.45, 2.75) is 6.92 Å². The van der Waals surface area contributed by atoms with Crippen molar-refractivity contribution in [1.29, 1.82) is 0 Å². The Hall–Kier alpha value is -2.04. The summed E-state index contributed by atoms with van der Waals surface area (Å²) in [5.41, 5.74) is 8.22. The zero-order valence-electron chi connectivity index (χ0n) is 8.73. The molecule has 2 aromatic rings. The Labute approximate surface area is 87.9 Å². The number of nitrogens with two attached hydrogens (primary N) is 1. The first kappa shape index (κ1) is 9.51. The molecule has 15 heavy (non-hydrogen) atoms. The maximum atomic E-state index is 5.65. The zero-order chi connectivity index (χ0) is 10.8. The van der Waals surface area contributed by atoms with Crippen LogP contribution < -0.4 is 11.1 Å². The van der Waals surface area contributed by atoms with Crippen molar-refractivity contribution in [3.05, 3.63) is 30.2 Å². The predicted octanol–water partition coefficient (Wildman–Crippen LogP) is 1.45. The molecule has 0 aliphatic heterocycles. The van der Waals surface area contributed by atoms with E-state index in [1.54, 1.807) is 23.0 Å². The van der Waals surface area contributed by atoms with E-state index in [0.717, 1.165) is 17.2 Å². The van der Waals surface area contributed by atoms with Crippen LogP contribution in [0.4, 0.5) is 17.2 Å². The van der Waals surface area contributed by atoms with Gasteiger partial charge in [0.05, 0.1) is 11.4 Å². The standard InChI is InChI=1S/C10H13N5/c1-7-9(6-15(2)14-7)13-10-5-8(11)3-4-12-10/h3-6H,1-2H3,(H3,11,12,13). The van der Waals surface area contributed by atoms with Crippen molar-refractivity contribution in [2.75, 3.05) is 11.1 Å². The average molecular weight is 203 g/mol. The van der Waals surface area contributed by atoms with Crippen LogP contribution in [0, 0.1) is 6.92 Å². The SMILES string of the molecule is Cc1nn(C)cc1Nc1cc(N)ccn1. The fraction of sp³-hybridized carbons (Fsp3) is 0.200. The highest BCUT2D eigenvalue weighted by atomic mass is 15.3. The van der Waals surface area contributed by atoms with Gasteiger partial charge in [-0.3, -0.25) is 4.68 Å². The summed E-state index contributed by atoms with van der Waals surface area (Å²) in [6, 6.07) is 3.54. The Bertz CT molecular complexity index is 474. The van der Waals surface area contributed by atoms with Crippen LogP contribution in [-0.4, -0.2) is 14.8 Å². The fourth-order valence-electron chi connectivity index (χ4n) is 1.38. The van der Waals surface area contributed by atoms with E-state index in [1.807, 2.05) is 20.2 Å². The number of nitrogen functional groups attached to an aromatic ring is 1. The number of pyridine rings is 1. The number of aryl methyl sites for hydroxylation is 2. The molecule has 0 bridgehead atoms. The normalized spacial score (nSPS) is 10.3. The van der Waals surface area contributed by atoms with Gasteiger partial charge in [0.2, 0.25) is 0 Å². The number of nitrogens with zero attached hydrogens (tertiary/aromatic N) is 3. The van der Waals surface area contributed by atoms with Crippen molar-refractivity contribution in [2.24, 2.45) is 7.05 Å². The molecular formula is C10H13N5. The van der Waals surface area contributed by atoms with Crippen molar-refractivity contribution in [3.8, 4) is 0 Å². The molecule has 0 radical (unpaired) electrons. The predicted molar refractivity (Wildman–Crippen MR) is 59.9 cm³/mol. The lowest BCUT2D eigenvalue weighted by Gasteiger charge is -2.03. The Kier molecular flexibility index (Phi) is 2.29. The van der Waals surface area contributed by atoms with Crippen LogP contribution >= 0.6 is 0 Å². The smallest absolute Gasteiger partial charge is 0.132 e. The average Bonchev–Trinajstić information content (AvgIpc) is 2.45. The third-order valence-corrected chi connectivity index (χ3v) is 2.06. The van der Waals surface area contributed by atoms with Crippen molar-refractivity contribution in [1.82, 2.24) is 14.8 Å². The number of hydrogen-bond donors (Lipinski definition) is 2. The van der Waals surface area contributed by atoms with Crippen LogP contribution in [0.15, 0.2) is 24.5 Å². The molecule has 0 amide bonds. The van der Waals surface area contributed by atoms with E-state index in [1.165, 1.54) is 0 Å². The zero-order valence-corrected chi connectivity index (χ0v) is 8.73. The van der Waals surface area contributed by atoms with E-state index in [9.17, 15) is 0 Å². The molecule has 0 saturated carbocycles. The van der Waals surface area contributed by atoms with E-state index in [2.05, 4.69) is 15.4 Å². The molecule has 0 saturated heterocycles. The Morgan fingerprint density at radius 3 is 2.87 bits per heavy atom. The van der Waals surface area contributed by atoms with Gasteiger partial charge in [0.1, 0.15) is 5.82 Å². The number of nitrogens with one attached hydrogen (secondary N) is 1. The van der Waals surface area contributed by atoms with E-state index in [-0.39, 0.29) is 0 Å². The first-order chi connectivity index (χ1) is 7.15. The molecule has 78 valence electrons. The minimum atomic E-state index is 0.689. The Balaban J connectivity index is 2.25. The van der Waals surface area contributed by atoms with Crippen LogP contribution in [-0.2, 0) is 7.05 Å². The molecule has 0 aliphatic rings. The minimum Gasteiger partial charge on any atom is -0.399 e. The summed E-state index contributed by atoms with van der Waals surface area (Å²) >= 11 is 0. The molecule has 2 rings (SSSR count). The minimum absolute atomic E-state index is 0.689. The van der Waals surface area contributed by atoms with Gasteiger partial charge in [-0.25, -0.2) is 4.98 Å². The molecule has 0 aliphatic carbocycles. The molecule has 0 unspecified atom stereocenters. The van der Waals surface area contributed by atoms with E-state index >= 15 is 0 Å². The molecule has 0 fully saturated rings. The Morgan fingerprint density at radius 1 is 1.47 bits per heavy atom. The van der Waals surface area contributed by atoms with Crippen LogP contribution in [0.25, 0.3) is 0 Å². The summed E-state index contributed by atoms with van der Waals surface area (Å²) in [6.45, 7) is 1.94. The lowest BCUT2D eigenvalue weighted by atomic mass is 10.3. The lowest BCUT2D eigenvalue weighted by molar-refractivity contribution is 0.756.